The second kappa shape index (κ2) is 2.91. The Labute approximate surface area is 73.7 Å². The molecule has 0 aliphatic heterocycles. The number of carboxylic acid groups (broad SMARTS) is 1. The quantitative estimate of drug-likeness (QED) is 0.575. The Morgan fingerprint density at radius 2 is 2.00 bits per heavy atom. The molecule has 0 aliphatic rings. The van der Waals surface area contributed by atoms with Gasteiger partial charge in [0.1, 0.15) is 0 Å². The van der Waals surface area contributed by atoms with Gasteiger partial charge < -0.3 is 16.6 Å². The molecule has 1 rings (SSSR count). The van der Waals surface area contributed by atoms with Crippen LogP contribution >= 0.6 is 11.6 Å². The van der Waals surface area contributed by atoms with Gasteiger partial charge in [0, 0.05) is 5.02 Å². The summed E-state index contributed by atoms with van der Waals surface area (Å²) in [5, 5.41) is 8.88. The van der Waals surface area contributed by atoms with E-state index < -0.39 is 5.97 Å². The Hall–Kier alpha value is -1.42. The number of aromatic carboxylic acids is 1. The number of hydrogen-bond donors (Lipinski definition) is 3. The van der Waals surface area contributed by atoms with Crippen LogP contribution in [0.25, 0.3) is 0 Å². The molecule has 0 radical (unpaired) electrons. The molecule has 0 aliphatic carbocycles. The first-order chi connectivity index (χ1) is 5.52. The Bertz CT molecular complexity index is 338. The maximum Gasteiger partial charge on any atom is 0.337 e. The van der Waals surface area contributed by atoms with Gasteiger partial charge in [-0.15, -0.1) is 0 Å². The van der Waals surface area contributed by atoms with E-state index in [1.54, 1.807) is 0 Å². The number of benzene rings is 1. The predicted molar refractivity (Wildman–Crippen MR) is 47.2 cm³/mol. The lowest BCUT2D eigenvalue weighted by Crippen LogP contribution is -2.05. The van der Waals surface area contributed by atoms with E-state index in [1.165, 1.54) is 12.1 Å². The number of halogens is 1. The van der Waals surface area contributed by atoms with Gasteiger partial charge in [-0.25, -0.2) is 4.79 Å². The molecule has 0 atom stereocenters. The number of rotatable bonds is 1. The van der Waals surface area contributed by atoms with Crippen LogP contribution in [0.4, 0.5) is 11.4 Å². The fraction of sp³-hybridized carbons (Fsp3) is 0. The van der Waals surface area contributed by atoms with Crippen LogP contribution in [0.15, 0.2) is 12.1 Å². The van der Waals surface area contributed by atoms with Crippen molar-refractivity contribution >= 4 is 28.9 Å². The molecule has 0 saturated carbocycles. The largest absolute Gasteiger partial charge is 0.478 e. The van der Waals surface area contributed by atoms with Crippen LogP contribution in [0.5, 0.6) is 0 Å². The van der Waals surface area contributed by atoms with Crippen molar-refractivity contribution in [1.29, 1.82) is 0 Å². The number of nitrogens with two attached hydrogens (primary N) is 2. The summed E-state index contributed by atoms with van der Waals surface area (Å²) in [5.74, 6) is -1.14. The number of nitrogen functional groups attached to an aromatic ring is 2. The van der Waals surface area contributed by atoms with Crippen molar-refractivity contribution in [2.75, 3.05) is 11.5 Å². The van der Waals surface area contributed by atoms with Gasteiger partial charge in [-0.2, -0.15) is 0 Å². The first-order valence-electron chi connectivity index (χ1n) is 3.10. The Morgan fingerprint density at radius 3 is 2.50 bits per heavy atom. The van der Waals surface area contributed by atoms with Crippen molar-refractivity contribution in [3.63, 3.8) is 0 Å². The molecule has 4 nitrogen and oxygen atoms in total. The lowest BCUT2D eigenvalue weighted by Gasteiger charge is -2.04. The van der Waals surface area contributed by atoms with E-state index in [1.807, 2.05) is 0 Å². The van der Waals surface area contributed by atoms with Gasteiger partial charge in [-0.1, -0.05) is 11.6 Å². The molecule has 1 aromatic rings. The normalized spacial score (nSPS) is 9.75. The van der Waals surface area contributed by atoms with Crippen LogP contribution < -0.4 is 11.5 Å². The van der Waals surface area contributed by atoms with E-state index in [9.17, 15) is 4.79 Å². The molecule has 12 heavy (non-hydrogen) atoms. The molecule has 5 N–H and O–H groups in total. The highest BCUT2D eigenvalue weighted by molar-refractivity contribution is 6.31. The molecule has 0 heterocycles. The summed E-state index contributed by atoms with van der Waals surface area (Å²) in [5.41, 5.74) is 10.9. The molecule has 0 fully saturated rings. The van der Waals surface area contributed by atoms with Gasteiger partial charge in [0.2, 0.25) is 0 Å². The lowest BCUT2D eigenvalue weighted by atomic mass is 10.1. The minimum Gasteiger partial charge on any atom is -0.478 e. The molecular weight excluding hydrogens is 180 g/mol. The fourth-order valence-electron chi connectivity index (χ4n) is 0.816. The monoisotopic (exact) mass is 186 g/mol. The molecule has 0 aromatic heterocycles. The Morgan fingerprint density at radius 1 is 1.42 bits per heavy atom. The minimum absolute atomic E-state index is 0.0481. The second-order valence-electron chi connectivity index (χ2n) is 2.26. The summed E-state index contributed by atoms with van der Waals surface area (Å²) in [7, 11) is 0. The van der Waals surface area contributed by atoms with Crippen molar-refractivity contribution in [1.82, 2.24) is 0 Å². The Balaban J connectivity index is 3.37. The predicted octanol–water partition coefficient (Wildman–Crippen LogP) is 1.20. The Kier molecular flexibility index (Phi) is 2.10. The molecule has 0 amide bonds. The maximum absolute atomic E-state index is 10.5. The zero-order chi connectivity index (χ0) is 9.30. The van der Waals surface area contributed by atoms with Gasteiger partial charge in [0.15, 0.2) is 0 Å². The number of carbonyl (C=O) groups is 1. The van der Waals surface area contributed by atoms with Crippen molar-refractivity contribution in [3.8, 4) is 0 Å². The first kappa shape index (κ1) is 8.67. The smallest absolute Gasteiger partial charge is 0.337 e. The molecule has 5 heteroatoms. The van der Waals surface area contributed by atoms with Gasteiger partial charge >= 0.3 is 5.97 Å². The van der Waals surface area contributed by atoms with Gasteiger partial charge in [0.05, 0.1) is 16.9 Å². The van der Waals surface area contributed by atoms with Crippen LogP contribution in [0.3, 0.4) is 0 Å². The van der Waals surface area contributed by atoms with Crippen LogP contribution in [0, 0.1) is 0 Å². The minimum atomic E-state index is -1.14. The van der Waals surface area contributed by atoms with Crippen LogP contribution in [-0.4, -0.2) is 11.1 Å². The third-order valence-electron chi connectivity index (χ3n) is 1.41. The summed E-state index contributed by atoms with van der Waals surface area (Å²) in [6.07, 6.45) is 0. The standard InChI is InChI=1S/C7H7ClN2O2/c8-3-1-4(7(11)12)6(10)5(9)2-3/h1-2H,9-10H2,(H,11,12). The maximum atomic E-state index is 10.5. The van der Waals surface area contributed by atoms with Gasteiger partial charge in [-0.05, 0) is 12.1 Å². The molecule has 0 saturated heterocycles. The van der Waals surface area contributed by atoms with E-state index in [2.05, 4.69) is 0 Å². The van der Waals surface area contributed by atoms with Gasteiger partial charge in [-0.3, -0.25) is 0 Å². The molecule has 0 bridgehead atoms. The molecule has 1 aromatic carbocycles. The summed E-state index contributed by atoms with van der Waals surface area (Å²) in [4.78, 5) is 10.5. The molecule has 0 spiro atoms. The van der Waals surface area contributed by atoms with E-state index in [4.69, 9.17) is 28.2 Å². The van der Waals surface area contributed by atoms with E-state index in [-0.39, 0.29) is 22.0 Å². The lowest BCUT2D eigenvalue weighted by molar-refractivity contribution is 0.0698. The van der Waals surface area contributed by atoms with Crippen LogP contribution in [0.2, 0.25) is 5.02 Å². The zero-order valence-corrected chi connectivity index (χ0v) is 6.80. The highest BCUT2D eigenvalue weighted by Crippen LogP contribution is 2.24. The van der Waals surface area contributed by atoms with Crippen LogP contribution in [-0.2, 0) is 0 Å². The fourth-order valence-corrected chi connectivity index (χ4v) is 1.04. The van der Waals surface area contributed by atoms with Gasteiger partial charge in [0.25, 0.3) is 0 Å². The van der Waals surface area contributed by atoms with Crippen LogP contribution in [0.1, 0.15) is 10.4 Å². The number of carboxylic acids is 1. The molecule has 64 valence electrons. The van der Waals surface area contributed by atoms with Crippen molar-refractivity contribution in [3.05, 3.63) is 22.7 Å². The third kappa shape index (κ3) is 1.43. The first-order valence-corrected chi connectivity index (χ1v) is 3.48. The molecular formula is C7H7ClN2O2. The van der Waals surface area contributed by atoms with Crippen molar-refractivity contribution in [2.45, 2.75) is 0 Å². The van der Waals surface area contributed by atoms with E-state index in [0.717, 1.165) is 0 Å². The van der Waals surface area contributed by atoms with Crippen molar-refractivity contribution in [2.24, 2.45) is 0 Å². The molecule has 0 unspecified atom stereocenters. The number of anilines is 2. The highest BCUT2D eigenvalue weighted by atomic mass is 35.5. The second-order valence-corrected chi connectivity index (χ2v) is 2.70. The highest BCUT2D eigenvalue weighted by Gasteiger charge is 2.10. The van der Waals surface area contributed by atoms with E-state index >= 15 is 0 Å². The summed E-state index contributed by atoms with van der Waals surface area (Å²) in [6.45, 7) is 0. The zero-order valence-electron chi connectivity index (χ0n) is 6.04. The summed E-state index contributed by atoms with van der Waals surface area (Å²) >= 11 is 5.57. The average Bonchev–Trinajstić information content (AvgIpc) is 1.96. The summed E-state index contributed by atoms with van der Waals surface area (Å²) in [6, 6.07) is 2.67. The third-order valence-corrected chi connectivity index (χ3v) is 1.63. The topological polar surface area (TPSA) is 89.3 Å². The summed E-state index contributed by atoms with van der Waals surface area (Å²) < 4.78 is 0. The van der Waals surface area contributed by atoms with E-state index in [0.29, 0.717) is 0 Å². The number of hydrogen-bond acceptors (Lipinski definition) is 3. The average molecular weight is 187 g/mol. The SMILES string of the molecule is Nc1cc(Cl)cc(C(=O)O)c1N. The van der Waals surface area contributed by atoms with Crippen molar-refractivity contribution < 1.29 is 9.90 Å².